The van der Waals surface area contributed by atoms with E-state index < -0.39 is 0 Å². The minimum atomic E-state index is -0.295. The van der Waals surface area contributed by atoms with E-state index in [1.165, 1.54) is 0 Å². The quantitative estimate of drug-likeness (QED) is 0.818. The van der Waals surface area contributed by atoms with Gasteiger partial charge in [-0.15, -0.1) is 0 Å². The smallest absolute Gasteiger partial charge is 0.410 e. The molecule has 0 unspecified atom stereocenters. The van der Waals surface area contributed by atoms with Gasteiger partial charge in [-0.05, 0) is 6.92 Å². The lowest BCUT2D eigenvalue weighted by Gasteiger charge is -2.12. The fourth-order valence-corrected chi connectivity index (χ4v) is 1.57. The average Bonchev–Trinajstić information content (AvgIpc) is 2.63. The molecule has 6 heteroatoms. The predicted molar refractivity (Wildman–Crippen MR) is 58.1 cm³/mol. The van der Waals surface area contributed by atoms with Crippen molar-refractivity contribution in [3.05, 3.63) is 17.6 Å². The van der Waals surface area contributed by atoms with Gasteiger partial charge in [0.05, 0.1) is 13.1 Å². The molecule has 1 aromatic rings. The van der Waals surface area contributed by atoms with Crippen LogP contribution in [0, 0.1) is 6.92 Å². The van der Waals surface area contributed by atoms with Gasteiger partial charge >= 0.3 is 6.09 Å². The fraction of sp³-hybridized carbons (Fsp3) is 0.500. The molecule has 1 fully saturated rings. The maximum atomic E-state index is 11.3. The summed E-state index contributed by atoms with van der Waals surface area (Å²) in [6.07, 6.45) is -0.295. The summed E-state index contributed by atoms with van der Waals surface area (Å²) in [5, 5.41) is 2.96. The van der Waals surface area contributed by atoms with Crippen LogP contribution in [0.25, 0.3) is 0 Å². The molecule has 2 heterocycles. The van der Waals surface area contributed by atoms with Crippen LogP contribution in [0.5, 0.6) is 0 Å². The normalized spacial score (nSPS) is 15.1. The van der Waals surface area contributed by atoms with Crippen molar-refractivity contribution >= 4 is 11.9 Å². The van der Waals surface area contributed by atoms with Crippen molar-refractivity contribution in [3.8, 4) is 0 Å². The summed E-state index contributed by atoms with van der Waals surface area (Å²) in [5.74, 6) is 1.39. The van der Waals surface area contributed by atoms with Gasteiger partial charge in [-0.3, -0.25) is 4.90 Å². The van der Waals surface area contributed by atoms with Gasteiger partial charge in [-0.2, -0.15) is 0 Å². The number of cyclic esters (lactones) is 1. The second-order valence-electron chi connectivity index (χ2n) is 3.60. The van der Waals surface area contributed by atoms with E-state index in [2.05, 4.69) is 15.3 Å². The van der Waals surface area contributed by atoms with Crippen LogP contribution >= 0.6 is 0 Å². The molecule has 6 nitrogen and oxygen atoms in total. The molecule has 0 bridgehead atoms. The van der Waals surface area contributed by atoms with Crippen LogP contribution in [0.1, 0.15) is 11.5 Å². The monoisotopic (exact) mass is 222 g/mol. The van der Waals surface area contributed by atoms with E-state index in [9.17, 15) is 4.79 Å². The highest BCUT2D eigenvalue weighted by Crippen LogP contribution is 2.10. The number of hydrogen-bond donors (Lipinski definition) is 1. The molecule has 0 spiro atoms. The Morgan fingerprint density at radius 1 is 1.56 bits per heavy atom. The third-order valence-electron chi connectivity index (χ3n) is 2.33. The van der Waals surface area contributed by atoms with Gasteiger partial charge in [0.2, 0.25) is 0 Å². The van der Waals surface area contributed by atoms with Crippen LogP contribution < -0.4 is 5.32 Å². The summed E-state index contributed by atoms with van der Waals surface area (Å²) in [7, 11) is 1.80. The first-order valence-corrected chi connectivity index (χ1v) is 5.13. The van der Waals surface area contributed by atoms with Crippen molar-refractivity contribution < 1.29 is 9.53 Å². The van der Waals surface area contributed by atoms with E-state index in [4.69, 9.17) is 4.74 Å². The van der Waals surface area contributed by atoms with E-state index >= 15 is 0 Å². The summed E-state index contributed by atoms with van der Waals surface area (Å²) in [6, 6.07) is 1.85. The van der Waals surface area contributed by atoms with Crippen LogP contribution in [0.3, 0.4) is 0 Å². The molecule has 1 aliphatic heterocycles. The number of carbonyl (C=O) groups excluding carboxylic acids is 1. The highest BCUT2D eigenvalue weighted by molar-refractivity contribution is 5.69. The molecule has 16 heavy (non-hydrogen) atoms. The number of amides is 1. The molecule has 1 N–H and O–H groups in total. The predicted octanol–water partition coefficient (Wildman–Crippen LogP) is 0.779. The Labute approximate surface area is 93.6 Å². The summed E-state index contributed by atoms with van der Waals surface area (Å²) in [4.78, 5) is 21.4. The van der Waals surface area contributed by atoms with E-state index in [1.807, 2.05) is 13.0 Å². The molecular formula is C10H14N4O2. The van der Waals surface area contributed by atoms with Gasteiger partial charge < -0.3 is 10.1 Å². The van der Waals surface area contributed by atoms with Crippen molar-refractivity contribution in [2.45, 2.75) is 13.5 Å². The van der Waals surface area contributed by atoms with E-state index in [-0.39, 0.29) is 6.09 Å². The zero-order chi connectivity index (χ0) is 11.5. The Bertz CT molecular complexity index is 408. The number of nitrogens with one attached hydrogen (secondary N) is 1. The lowest BCUT2D eigenvalue weighted by molar-refractivity contribution is 0.156. The number of carbonyl (C=O) groups is 1. The van der Waals surface area contributed by atoms with Gasteiger partial charge in [0.15, 0.2) is 0 Å². The zero-order valence-corrected chi connectivity index (χ0v) is 9.36. The zero-order valence-electron chi connectivity index (χ0n) is 9.36. The average molecular weight is 222 g/mol. The van der Waals surface area contributed by atoms with Crippen molar-refractivity contribution in [2.75, 3.05) is 25.5 Å². The maximum absolute atomic E-state index is 11.3. The lowest BCUT2D eigenvalue weighted by Crippen LogP contribution is -2.25. The molecule has 1 aliphatic rings. The lowest BCUT2D eigenvalue weighted by atomic mass is 10.4. The van der Waals surface area contributed by atoms with Gasteiger partial charge in [0.25, 0.3) is 0 Å². The molecule has 0 saturated carbocycles. The number of ether oxygens (including phenoxy) is 1. The van der Waals surface area contributed by atoms with Crippen LogP contribution in [-0.4, -0.2) is 41.2 Å². The first kappa shape index (κ1) is 10.7. The maximum Gasteiger partial charge on any atom is 0.410 e. The molecule has 86 valence electrons. The topological polar surface area (TPSA) is 67.3 Å². The first-order chi connectivity index (χ1) is 7.69. The standard InChI is InChI=1S/C10H14N4O2/c1-7-5-8(11-2)13-9(12-7)6-14-3-4-16-10(14)15/h5H,3-4,6H2,1-2H3,(H,11,12,13). The molecule has 0 aliphatic carbocycles. The summed E-state index contributed by atoms with van der Waals surface area (Å²) in [5.41, 5.74) is 0.877. The second kappa shape index (κ2) is 4.34. The van der Waals surface area contributed by atoms with E-state index in [1.54, 1.807) is 11.9 Å². The van der Waals surface area contributed by atoms with Gasteiger partial charge in [-0.25, -0.2) is 14.8 Å². The Balaban J connectivity index is 2.14. The highest BCUT2D eigenvalue weighted by atomic mass is 16.6. The summed E-state index contributed by atoms with van der Waals surface area (Å²) < 4.78 is 4.84. The second-order valence-corrected chi connectivity index (χ2v) is 3.60. The van der Waals surface area contributed by atoms with Gasteiger partial charge in [-0.1, -0.05) is 0 Å². The van der Waals surface area contributed by atoms with Gasteiger partial charge in [0, 0.05) is 18.8 Å². The largest absolute Gasteiger partial charge is 0.448 e. The van der Waals surface area contributed by atoms with E-state index in [0.29, 0.717) is 25.5 Å². The number of rotatable bonds is 3. The molecule has 2 rings (SSSR count). The van der Waals surface area contributed by atoms with Crippen molar-refractivity contribution in [2.24, 2.45) is 0 Å². The van der Waals surface area contributed by atoms with Crippen LogP contribution in [0.4, 0.5) is 10.6 Å². The third-order valence-corrected chi connectivity index (χ3v) is 2.33. The Kier molecular flexibility index (Phi) is 2.89. The van der Waals surface area contributed by atoms with Crippen LogP contribution in [0.15, 0.2) is 6.07 Å². The molecule has 1 amide bonds. The van der Waals surface area contributed by atoms with Crippen molar-refractivity contribution in [3.63, 3.8) is 0 Å². The van der Waals surface area contributed by atoms with Crippen molar-refractivity contribution in [1.29, 1.82) is 0 Å². The first-order valence-electron chi connectivity index (χ1n) is 5.13. The van der Waals surface area contributed by atoms with Crippen LogP contribution in [0.2, 0.25) is 0 Å². The fourth-order valence-electron chi connectivity index (χ4n) is 1.57. The number of nitrogens with zero attached hydrogens (tertiary/aromatic N) is 3. The molecular weight excluding hydrogens is 208 g/mol. The summed E-state index contributed by atoms with van der Waals surface area (Å²) >= 11 is 0. The van der Waals surface area contributed by atoms with Crippen LogP contribution in [-0.2, 0) is 11.3 Å². The number of anilines is 1. The molecule has 1 aromatic heterocycles. The molecule has 0 atom stereocenters. The Morgan fingerprint density at radius 3 is 3.00 bits per heavy atom. The molecule has 0 aromatic carbocycles. The van der Waals surface area contributed by atoms with E-state index in [0.717, 1.165) is 11.5 Å². The molecule has 1 saturated heterocycles. The summed E-state index contributed by atoms with van der Waals surface area (Å²) in [6.45, 7) is 3.35. The Hall–Kier alpha value is -1.85. The third kappa shape index (κ3) is 2.21. The number of aryl methyl sites for hydroxylation is 1. The number of hydrogen-bond acceptors (Lipinski definition) is 5. The Morgan fingerprint density at radius 2 is 2.38 bits per heavy atom. The highest BCUT2D eigenvalue weighted by Gasteiger charge is 2.22. The number of aromatic nitrogens is 2. The minimum absolute atomic E-state index is 0.295. The molecule has 0 radical (unpaired) electrons. The van der Waals surface area contributed by atoms with Crippen molar-refractivity contribution in [1.82, 2.24) is 14.9 Å². The minimum Gasteiger partial charge on any atom is -0.448 e. The SMILES string of the molecule is CNc1cc(C)nc(CN2CCOC2=O)n1. The van der Waals surface area contributed by atoms with Gasteiger partial charge in [0.1, 0.15) is 18.2 Å².